The monoisotopic (exact) mass is 494 g/mol. The summed E-state index contributed by atoms with van der Waals surface area (Å²) in [6.07, 6.45) is 2.58. The fourth-order valence-corrected chi connectivity index (χ4v) is 4.90. The number of aliphatic carboxylic acids is 1. The van der Waals surface area contributed by atoms with E-state index in [2.05, 4.69) is 16.8 Å². The van der Waals surface area contributed by atoms with E-state index in [-0.39, 0.29) is 5.41 Å². The van der Waals surface area contributed by atoms with Gasteiger partial charge in [0.2, 0.25) is 5.91 Å². The van der Waals surface area contributed by atoms with E-state index in [9.17, 15) is 14.7 Å². The van der Waals surface area contributed by atoms with Crippen molar-refractivity contribution in [2.45, 2.75) is 66.1 Å². The smallest absolute Gasteiger partial charge is 0.337 e. The van der Waals surface area contributed by atoms with Crippen molar-refractivity contribution >= 4 is 23.8 Å². The molecule has 1 aromatic carbocycles. The molecule has 8 heteroatoms. The van der Waals surface area contributed by atoms with Gasteiger partial charge in [0.25, 0.3) is 0 Å². The number of ether oxygens (including phenoxy) is 1. The van der Waals surface area contributed by atoms with Crippen LogP contribution in [0.5, 0.6) is 0 Å². The van der Waals surface area contributed by atoms with E-state index >= 15 is 0 Å². The van der Waals surface area contributed by atoms with Gasteiger partial charge in [-0.1, -0.05) is 19.1 Å². The zero-order chi connectivity index (χ0) is 26.8. The van der Waals surface area contributed by atoms with Gasteiger partial charge in [-0.2, -0.15) is 0 Å². The minimum atomic E-state index is -1.19. The molecule has 1 saturated heterocycles. The van der Waals surface area contributed by atoms with Crippen LogP contribution in [0.15, 0.2) is 29.3 Å². The van der Waals surface area contributed by atoms with Crippen molar-refractivity contribution in [2.75, 3.05) is 25.0 Å². The van der Waals surface area contributed by atoms with E-state index in [0.717, 1.165) is 48.4 Å². The molecular formula is C28H38N4O4. The van der Waals surface area contributed by atoms with Crippen LogP contribution >= 0.6 is 0 Å². The van der Waals surface area contributed by atoms with Gasteiger partial charge < -0.3 is 25.5 Å². The van der Waals surface area contributed by atoms with Crippen molar-refractivity contribution in [3.8, 4) is 11.1 Å². The number of primary amides is 1. The third-order valence-electron chi connectivity index (χ3n) is 6.66. The molecule has 3 rings (SSSR count). The summed E-state index contributed by atoms with van der Waals surface area (Å²) in [6.45, 7) is 13.0. The highest BCUT2D eigenvalue weighted by atomic mass is 16.5. The van der Waals surface area contributed by atoms with Gasteiger partial charge >= 0.3 is 5.97 Å². The Balaban J connectivity index is 2.27. The minimum Gasteiger partial charge on any atom is -0.479 e. The van der Waals surface area contributed by atoms with E-state index in [0.29, 0.717) is 16.8 Å². The van der Waals surface area contributed by atoms with Gasteiger partial charge in [0, 0.05) is 59.8 Å². The topological polar surface area (TPSA) is 118 Å². The number of carbonyl (C=O) groups excluding carboxylic acids is 1. The Morgan fingerprint density at radius 2 is 1.75 bits per heavy atom. The Hall–Kier alpha value is -3.26. The predicted octanol–water partition coefficient (Wildman–Crippen LogP) is 4.71. The Labute approximate surface area is 213 Å². The number of rotatable bonds is 7. The number of carbonyl (C=O) groups is 2. The Bertz CT molecular complexity index is 1160. The van der Waals surface area contributed by atoms with Crippen LogP contribution in [-0.4, -0.2) is 53.9 Å². The maximum absolute atomic E-state index is 12.6. The van der Waals surface area contributed by atoms with Gasteiger partial charge in [-0.3, -0.25) is 9.78 Å². The minimum absolute atomic E-state index is 0.0139. The number of hydrogen-bond donors (Lipinski definition) is 2. The van der Waals surface area contributed by atoms with Gasteiger partial charge in [-0.25, -0.2) is 4.79 Å². The van der Waals surface area contributed by atoms with Crippen LogP contribution in [0.3, 0.4) is 0 Å². The molecule has 2 heterocycles. The molecule has 1 aliphatic rings. The predicted molar refractivity (Wildman–Crippen MR) is 143 cm³/mol. The maximum Gasteiger partial charge on any atom is 0.337 e. The quantitative estimate of drug-likeness (QED) is 0.538. The molecule has 8 nitrogen and oxygen atoms in total. The Kier molecular flexibility index (Phi) is 7.88. The van der Waals surface area contributed by atoms with Crippen LogP contribution in [0.4, 0.5) is 5.69 Å². The van der Waals surface area contributed by atoms with Crippen molar-refractivity contribution in [1.29, 1.82) is 0 Å². The largest absolute Gasteiger partial charge is 0.479 e. The molecule has 36 heavy (non-hydrogen) atoms. The van der Waals surface area contributed by atoms with Crippen molar-refractivity contribution in [3.05, 3.63) is 46.8 Å². The first-order chi connectivity index (χ1) is 16.8. The third kappa shape index (κ3) is 5.93. The second kappa shape index (κ2) is 10.4. The molecule has 1 fully saturated rings. The molecule has 0 unspecified atom stereocenters. The van der Waals surface area contributed by atoms with Crippen molar-refractivity contribution in [1.82, 2.24) is 4.98 Å². The normalized spacial score (nSPS) is 16.8. The zero-order valence-electron chi connectivity index (χ0n) is 22.4. The van der Waals surface area contributed by atoms with E-state index in [1.165, 1.54) is 0 Å². The van der Waals surface area contributed by atoms with Gasteiger partial charge in [-0.05, 0) is 65.2 Å². The SMILES string of the molecule is CN=CC1(C)CCN(c2c(-c3ccc(C(N)=O)cc3)c(C)nc(C)c2[C@H](OC(C)(C)C)C(=O)O)CC1. The highest BCUT2D eigenvalue weighted by Crippen LogP contribution is 2.44. The summed E-state index contributed by atoms with van der Waals surface area (Å²) in [6, 6.07) is 7.05. The fourth-order valence-electron chi connectivity index (χ4n) is 4.90. The molecule has 3 N–H and O–H groups in total. The number of aromatic nitrogens is 1. The highest BCUT2D eigenvalue weighted by molar-refractivity contribution is 5.94. The van der Waals surface area contributed by atoms with Crippen LogP contribution in [-0.2, 0) is 9.53 Å². The number of carboxylic acid groups (broad SMARTS) is 1. The average Bonchev–Trinajstić information content (AvgIpc) is 2.77. The lowest BCUT2D eigenvalue weighted by molar-refractivity contribution is -0.160. The van der Waals surface area contributed by atoms with Gasteiger partial charge in [0.1, 0.15) is 0 Å². The first-order valence-electron chi connectivity index (χ1n) is 12.3. The summed E-state index contributed by atoms with van der Waals surface area (Å²) < 4.78 is 6.11. The average molecular weight is 495 g/mol. The Morgan fingerprint density at radius 1 is 1.17 bits per heavy atom. The number of hydrogen-bond acceptors (Lipinski definition) is 6. The Morgan fingerprint density at radius 3 is 2.22 bits per heavy atom. The molecule has 0 aliphatic carbocycles. The summed E-state index contributed by atoms with van der Waals surface area (Å²) >= 11 is 0. The zero-order valence-corrected chi connectivity index (χ0v) is 22.4. The number of nitrogens with zero attached hydrogens (tertiary/aromatic N) is 3. The summed E-state index contributed by atoms with van der Waals surface area (Å²) in [5.74, 6) is -1.56. The number of amides is 1. The number of carboxylic acids is 1. The maximum atomic E-state index is 12.6. The molecular weight excluding hydrogens is 456 g/mol. The summed E-state index contributed by atoms with van der Waals surface area (Å²) in [7, 11) is 1.79. The molecule has 0 saturated carbocycles. The first kappa shape index (κ1) is 27.3. The van der Waals surface area contributed by atoms with E-state index in [4.69, 9.17) is 15.5 Å². The number of anilines is 1. The number of pyridine rings is 1. The van der Waals surface area contributed by atoms with Crippen LogP contribution in [0.1, 0.15) is 73.9 Å². The highest BCUT2D eigenvalue weighted by Gasteiger charge is 2.37. The van der Waals surface area contributed by atoms with Crippen LogP contribution in [0, 0.1) is 19.3 Å². The molecule has 0 bridgehead atoms. The number of benzene rings is 1. The lowest BCUT2D eigenvalue weighted by atomic mass is 9.80. The molecule has 0 radical (unpaired) electrons. The summed E-state index contributed by atoms with van der Waals surface area (Å²) in [5, 5.41) is 10.3. The fraction of sp³-hybridized carbons (Fsp3) is 0.500. The standard InChI is InChI=1S/C28H38N4O4/c1-17-21(19-8-10-20(11-9-19)25(29)33)23(32-14-12-28(6,13-15-32)16-30-7)22(18(2)31-17)24(26(34)35)36-27(3,4)5/h8-11,16,24H,12-15H2,1-7H3,(H2,29,33)(H,34,35)/t24-/m0/s1. The number of aliphatic imine (C=N–C) groups is 1. The van der Waals surface area contributed by atoms with Crippen molar-refractivity contribution in [3.63, 3.8) is 0 Å². The molecule has 194 valence electrons. The van der Waals surface area contributed by atoms with Crippen molar-refractivity contribution < 1.29 is 19.4 Å². The second-order valence-electron chi connectivity index (χ2n) is 10.8. The lowest BCUT2D eigenvalue weighted by Crippen LogP contribution is -2.41. The molecule has 1 aliphatic heterocycles. The van der Waals surface area contributed by atoms with E-state index < -0.39 is 23.6 Å². The number of piperidine rings is 1. The van der Waals surface area contributed by atoms with Crippen LogP contribution < -0.4 is 10.6 Å². The van der Waals surface area contributed by atoms with E-state index in [1.807, 2.05) is 53.0 Å². The molecule has 0 spiro atoms. The molecule has 1 aromatic heterocycles. The first-order valence-corrected chi connectivity index (χ1v) is 12.3. The van der Waals surface area contributed by atoms with Crippen molar-refractivity contribution in [2.24, 2.45) is 16.1 Å². The van der Waals surface area contributed by atoms with Gasteiger partial charge in [0.15, 0.2) is 6.10 Å². The van der Waals surface area contributed by atoms with Crippen LogP contribution in [0.25, 0.3) is 11.1 Å². The third-order valence-corrected chi connectivity index (χ3v) is 6.66. The lowest BCUT2D eigenvalue weighted by Gasteiger charge is -2.41. The molecule has 2 aromatic rings. The second-order valence-corrected chi connectivity index (χ2v) is 10.8. The number of aryl methyl sites for hydroxylation is 2. The van der Waals surface area contributed by atoms with Gasteiger partial charge in [0.05, 0.1) is 11.3 Å². The van der Waals surface area contributed by atoms with Crippen LogP contribution in [0.2, 0.25) is 0 Å². The summed E-state index contributed by atoms with van der Waals surface area (Å²) in [5.41, 5.74) is 9.62. The molecule has 1 atom stereocenters. The van der Waals surface area contributed by atoms with Gasteiger partial charge in [-0.15, -0.1) is 0 Å². The number of nitrogens with two attached hydrogens (primary N) is 1. The summed E-state index contributed by atoms with van der Waals surface area (Å²) in [4.78, 5) is 35.5. The van der Waals surface area contributed by atoms with E-state index in [1.54, 1.807) is 19.2 Å². The molecule has 1 amide bonds.